The van der Waals surface area contributed by atoms with Gasteiger partial charge in [-0.1, -0.05) is 0 Å². The molecule has 1 aromatic heterocycles. The van der Waals surface area contributed by atoms with Crippen molar-refractivity contribution >= 4 is 32.6 Å². The van der Waals surface area contributed by atoms with Crippen LogP contribution in [-0.2, 0) is 11.2 Å². The highest BCUT2D eigenvalue weighted by atomic mass is 79.9. The van der Waals surface area contributed by atoms with Gasteiger partial charge in [0.2, 0.25) is 0 Å². The summed E-state index contributed by atoms with van der Waals surface area (Å²) in [6.07, 6.45) is 3.50. The van der Waals surface area contributed by atoms with Crippen LogP contribution in [0, 0.1) is 0 Å². The Kier molecular flexibility index (Phi) is 3.11. The number of ketones is 1. The van der Waals surface area contributed by atoms with Gasteiger partial charge in [0.1, 0.15) is 0 Å². The molecule has 0 N–H and O–H groups in total. The van der Waals surface area contributed by atoms with E-state index in [4.69, 9.17) is 4.74 Å². The van der Waals surface area contributed by atoms with Crippen LogP contribution in [0.4, 0.5) is 4.39 Å². The summed E-state index contributed by atoms with van der Waals surface area (Å²) in [5.41, 5.74) is 2.12. The minimum absolute atomic E-state index is 0.0699. The van der Waals surface area contributed by atoms with Gasteiger partial charge < -0.3 is 4.74 Å². The molecule has 110 valence electrons. The topological polar surface area (TPSA) is 44.1 Å². The number of hydrogen-bond donors (Lipinski definition) is 0. The van der Waals surface area contributed by atoms with E-state index in [0.29, 0.717) is 10.0 Å². The SMILES string of the molecule is O=C1c2c(cc3c(cnn3C3CCCCO3)c2Br)CC1F. The lowest BCUT2D eigenvalue weighted by molar-refractivity contribution is -0.0366. The van der Waals surface area contributed by atoms with Crippen molar-refractivity contribution in [1.29, 1.82) is 0 Å². The van der Waals surface area contributed by atoms with Gasteiger partial charge in [0.25, 0.3) is 0 Å². The first kappa shape index (κ1) is 13.4. The largest absolute Gasteiger partial charge is 0.356 e. The molecule has 0 bridgehead atoms. The normalized spacial score (nSPS) is 25.5. The highest BCUT2D eigenvalue weighted by Crippen LogP contribution is 2.38. The zero-order valence-electron chi connectivity index (χ0n) is 11.3. The molecule has 1 fully saturated rings. The van der Waals surface area contributed by atoms with Gasteiger partial charge in [-0.3, -0.25) is 4.79 Å². The molecule has 2 atom stereocenters. The minimum atomic E-state index is -1.42. The number of benzene rings is 1. The summed E-state index contributed by atoms with van der Waals surface area (Å²) >= 11 is 3.46. The van der Waals surface area contributed by atoms with Gasteiger partial charge in [-0.2, -0.15) is 5.10 Å². The Balaban J connectivity index is 1.88. The summed E-state index contributed by atoms with van der Waals surface area (Å²) in [5.74, 6) is -0.430. The lowest BCUT2D eigenvalue weighted by Gasteiger charge is -2.23. The van der Waals surface area contributed by atoms with Crippen LogP contribution in [0.2, 0.25) is 0 Å². The van der Waals surface area contributed by atoms with E-state index in [1.807, 2.05) is 10.7 Å². The van der Waals surface area contributed by atoms with Crippen LogP contribution in [0.25, 0.3) is 10.9 Å². The Morgan fingerprint density at radius 2 is 2.29 bits per heavy atom. The number of Topliss-reactive ketones (excluding diaryl/α,β-unsaturated/α-hetero) is 1. The quantitative estimate of drug-likeness (QED) is 0.787. The van der Waals surface area contributed by atoms with E-state index in [1.54, 1.807) is 6.20 Å². The van der Waals surface area contributed by atoms with Crippen LogP contribution >= 0.6 is 15.9 Å². The summed E-state index contributed by atoms with van der Waals surface area (Å²) in [7, 11) is 0. The lowest BCUT2D eigenvalue weighted by Crippen LogP contribution is -2.19. The van der Waals surface area contributed by atoms with E-state index < -0.39 is 12.0 Å². The molecule has 1 aromatic carbocycles. The monoisotopic (exact) mass is 352 g/mol. The average molecular weight is 353 g/mol. The van der Waals surface area contributed by atoms with E-state index in [2.05, 4.69) is 21.0 Å². The summed E-state index contributed by atoms with van der Waals surface area (Å²) in [5, 5.41) is 5.26. The van der Waals surface area contributed by atoms with Gasteiger partial charge >= 0.3 is 0 Å². The van der Waals surface area contributed by atoms with Crippen molar-refractivity contribution in [2.75, 3.05) is 6.61 Å². The minimum Gasteiger partial charge on any atom is -0.356 e. The molecule has 1 aliphatic carbocycles. The smallest absolute Gasteiger partial charge is 0.198 e. The number of carbonyl (C=O) groups excluding carboxylic acids is 1. The van der Waals surface area contributed by atoms with Crippen LogP contribution in [0.3, 0.4) is 0 Å². The number of ether oxygens (including phenoxy) is 1. The van der Waals surface area contributed by atoms with Gasteiger partial charge in [-0.25, -0.2) is 9.07 Å². The number of aromatic nitrogens is 2. The van der Waals surface area contributed by atoms with Crippen LogP contribution in [0.5, 0.6) is 0 Å². The first-order chi connectivity index (χ1) is 10.2. The molecule has 0 saturated carbocycles. The summed E-state index contributed by atoms with van der Waals surface area (Å²) in [4.78, 5) is 11.9. The van der Waals surface area contributed by atoms with Crippen molar-refractivity contribution < 1.29 is 13.9 Å². The number of alkyl halides is 1. The summed E-state index contributed by atoms with van der Waals surface area (Å²) in [6.45, 7) is 0.739. The molecule has 1 saturated heterocycles. The van der Waals surface area contributed by atoms with E-state index in [0.717, 1.165) is 42.3 Å². The molecule has 2 aliphatic rings. The van der Waals surface area contributed by atoms with E-state index in [1.165, 1.54) is 0 Å². The third-order valence-corrected chi connectivity index (χ3v) is 5.10. The molecule has 2 aromatic rings. The maximum atomic E-state index is 13.7. The van der Waals surface area contributed by atoms with Gasteiger partial charge in [0.15, 0.2) is 18.2 Å². The van der Waals surface area contributed by atoms with Crippen molar-refractivity contribution in [1.82, 2.24) is 9.78 Å². The van der Waals surface area contributed by atoms with Gasteiger partial charge in [0, 0.05) is 28.5 Å². The zero-order chi connectivity index (χ0) is 14.6. The van der Waals surface area contributed by atoms with Crippen molar-refractivity contribution in [3.8, 4) is 0 Å². The molecule has 21 heavy (non-hydrogen) atoms. The molecule has 0 spiro atoms. The fourth-order valence-corrected chi connectivity index (χ4v) is 3.97. The van der Waals surface area contributed by atoms with Crippen molar-refractivity contribution in [2.45, 2.75) is 38.1 Å². The zero-order valence-corrected chi connectivity index (χ0v) is 12.9. The van der Waals surface area contributed by atoms with Gasteiger partial charge in [0.05, 0.1) is 11.7 Å². The van der Waals surface area contributed by atoms with Gasteiger partial charge in [-0.05, 0) is 46.8 Å². The van der Waals surface area contributed by atoms with Gasteiger partial charge in [-0.15, -0.1) is 0 Å². The molecule has 0 radical (unpaired) electrons. The molecular weight excluding hydrogens is 339 g/mol. The Labute approximate surface area is 129 Å². The maximum absolute atomic E-state index is 13.7. The Morgan fingerprint density at radius 1 is 1.43 bits per heavy atom. The number of carbonyl (C=O) groups is 1. The molecular formula is C15H14BrFN2O2. The van der Waals surface area contributed by atoms with Crippen LogP contribution in [0.1, 0.15) is 41.4 Å². The van der Waals surface area contributed by atoms with Crippen LogP contribution in [-0.4, -0.2) is 28.3 Å². The van der Waals surface area contributed by atoms with Crippen molar-refractivity contribution in [2.24, 2.45) is 0 Å². The van der Waals surface area contributed by atoms with Crippen molar-refractivity contribution in [3.05, 3.63) is 27.9 Å². The molecule has 4 nitrogen and oxygen atoms in total. The second kappa shape index (κ2) is 4.88. The third-order valence-electron chi connectivity index (χ3n) is 4.28. The molecule has 1 aliphatic heterocycles. The second-order valence-electron chi connectivity index (χ2n) is 5.60. The Bertz CT molecular complexity index is 737. The predicted molar refractivity (Wildman–Crippen MR) is 79.2 cm³/mol. The van der Waals surface area contributed by atoms with E-state index >= 15 is 0 Å². The molecule has 4 rings (SSSR count). The maximum Gasteiger partial charge on any atom is 0.198 e. The fourth-order valence-electron chi connectivity index (χ4n) is 3.21. The highest BCUT2D eigenvalue weighted by Gasteiger charge is 2.34. The summed E-state index contributed by atoms with van der Waals surface area (Å²) in [6, 6.07) is 1.89. The van der Waals surface area contributed by atoms with Crippen molar-refractivity contribution in [3.63, 3.8) is 0 Å². The van der Waals surface area contributed by atoms with E-state index in [9.17, 15) is 9.18 Å². The van der Waals surface area contributed by atoms with Crippen LogP contribution < -0.4 is 0 Å². The average Bonchev–Trinajstić information content (AvgIpc) is 3.03. The summed E-state index contributed by atoms with van der Waals surface area (Å²) < 4.78 is 22.0. The standard InChI is InChI=1S/C15H14BrFN2O2/c16-14-9-7-18-19(12-3-1-2-4-21-12)11(9)6-8-5-10(17)15(20)13(8)14/h6-7,10,12H,1-5H2. The molecule has 0 amide bonds. The number of hydrogen-bond acceptors (Lipinski definition) is 3. The number of fused-ring (bicyclic) bond motifs is 2. The predicted octanol–water partition coefficient (Wildman–Crippen LogP) is 3.57. The van der Waals surface area contributed by atoms with E-state index in [-0.39, 0.29) is 12.6 Å². The second-order valence-corrected chi connectivity index (χ2v) is 6.40. The number of halogens is 2. The first-order valence-electron chi connectivity index (χ1n) is 7.15. The number of nitrogens with zero attached hydrogens (tertiary/aromatic N) is 2. The molecule has 2 unspecified atom stereocenters. The number of rotatable bonds is 1. The fraction of sp³-hybridized carbons (Fsp3) is 0.467. The Hall–Kier alpha value is -1.27. The Morgan fingerprint density at radius 3 is 3.05 bits per heavy atom. The first-order valence-corrected chi connectivity index (χ1v) is 7.94. The van der Waals surface area contributed by atoms with Crippen LogP contribution in [0.15, 0.2) is 16.7 Å². The lowest BCUT2D eigenvalue weighted by atomic mass is 10.1. The molecule has 6 heteroatoms. The molecule has 2 heterocycles. The highest BCUT2D eigenvalue weighted by molar-refractivity contribution is 9.10. The third kappa shape index (κ3) is 1.96.